The van der Waals surface area contributed by atoms with Gasteiger partial charge in [0.1, 0.15) is 5.82 Å². The molecule has 2 aromatic rings. The molecule has 1 heterocycles. The Hall–Kier alpha value is -2.15. The lowest BCUT2D eigenvalue weighted by molar-refractivity contribution is -0.113. The summed E-state index contributed by atoms with van der Waals surface area (Å²) in [4.78, 5) is 27.9. The predicted molar refractivity (Wildman–Crippen MR) is 97.8 cm³/mol. The van der Waals surface area contributed by atoms with Crippen LogP contribution in [0.15, 0.2) is 29.4 Å². The first-order chi connectivity index (χ1) is 12.1. The van der Waals surface area contributed by atoms with Crippen molar-refractivity contribution in [2.45, 2.75) is 44.2 Å². The van der Waals surface area contributed by atoms with Gasteiger partial charge in [-0.2, -0.15) is 0 Å². The van der Waals surface area contributed by atoms with Crippen LogP contribution in [0.5, 0.6) is 0 Å². The van der Waals surface area contributed by atoms with E-state index in [2.05, 4.69) is 20.5 Å². The van der Waals surface area contributed by atoms with Crippen molar-refractivity contribution in [2.24, 2.45) is 5.92 Å². The average molecular weight is 358 g/mol. The van der Waals surface area contributed by atoms with E-state index < -0.39 is 0 Å². The van der Waals surface area contributed by atoms with Crippen LogP contribution in [0.2, 0.25) is 0 Å². The lowest BCUT2D eigenvalue weighted by Gasteiger charge is -2.05. The molecule has 25 heavy (non-hydrogen) atoms. The summed E-state index contributed by atoms with van der Waals surface area (Å²) in [5, 5.41) is 10.5. The van der Waals surface area contributed by atoms with Crippen molar-refractivity contribution in [3.8, 4) is 0 Å². The average Bonchev–Trinajstić information content (AvgIpc) is 3.25. The number of nitrogens with one attached hydrogen (secondary N) is 2. The van der Waals surface area contributed by atoms with Crippen molar-refractivity contribution in [1.82, 2.24) is 15.2 Å². The van der Waals surface area contributed by atoms with E-state index in [1.807, 2.05) is 0 Å². The van der Waals surface area contributed by atoms with Gasteiger partial charge in [-0.3, -0.25) is 14.7 Å². The molecule has 0 spiro atoms. The van der Waals surface area contributed by atoms with Crippen molar-refractivity contribution in [1.29, 1.82) is 0 Å². The van der Waals surface area contributed by atoms with Gasteiger partial charge in [0, 0.05) is 17.7 Å². The second-order valence-corrected chi connectivity index (χ2v) is 7.34. The monoisotopic (exact) mass is 358 g/mol. The van der Waals surface area contributed by atoms with Crippen LogP contribution in [-0.2, 0) is 11.2 Å². The number of benzene rings is 1. The zero-order valence-corrected chi connectivity index (χ0v) is 15.1. The number of thioether (sulfide) groups is 1. The van der Waals surface area contributed by atoms with Crippen LogP contribution in [0.3, 0.4) is 0 Å². The molecule has 0 saturated heterocycles. The molecular weight excluding hydrogens is 336 g/mol. The Morgan fingerprint density at radius 3 is 2.88 bits per heavy atom. The molecule has 1 fully saturated rings. The first-order valence-electron chi connectivity index (χ1n) is 8.55. The highest BCUT2D eigenvalue weighted by Gasteiger charge is 2.17. The van der Waals surface area contributed by atoms with Gasteiger partial charge in [0.2, 0.25) is 11.1 Å². The van der Waals surface area contributed by atoms with Crippen LogP contribution in [0.25, 0.3) is 0 Å². The third-order valence-electron chi connectivity index (χ3n) is 4.35. The van der Waals surface area contributed by atoms with E-state index in [0.717, 1.165) is 12.2 Å². The number of hydrogen-bond acceptors (Lipinski definition) is 5. The zero-order valence-electron chi connectivity index (χ0n) is 14.2. The Morgan fingerprint density at radius 1 is 1.32 bits per heavy atom. The van der Waals surface area contributed by atoms with Gasteiger partial charge in [-0.15, -0.1) is 5.10 Å². The highest BCUT2D eigenvalue weighted by molar-refractivity contribution is 7.99. The van der Waals surface area contributed by atoms with E-state index in [0.29, 0.717) is 22.3 Å². The number of amides is 1. The number of aromatic nitrogens is 3. The minimum absolute atomic E-state index is 0.0269. The second kappa shape index (κ2) is 8.29. The molecule has 0 aliphatic heterocycles. The number of Topliss-reactive ketones (excluding diaryl/α,β-unsaturated/α-hetero) is 1. The summed E-state index contributed by atoms with van der Waals surface area (Å²) >= 11 is 1.30. The largest absolute Gasteiger partial charge is 0.325 e. The van der Waals surface area contributed by atoms with E-state index in [9.17, 15) is 9.59 Å². The molecule has 1 aliphatic carbocycles. The fraction of sp³-hybridized carbons (Fsp3) is 0.444. The fourth-order valence-corrected chi connectivity index (χ4v) is 3.68. The number of H-pyrrole nitrogens is 1. The Kier molecular flexibility index (Phi) is 5.86. The minimum Gasteiger partial charge on any atom is -0.325 e. The smallest absolute Gasteiger partial charge is 0.234 e. The summed E-state index contributed by atoms with van der Waals surface area (Å²) in [6.07, 6.45) is 6.10. The van der Waals surface area contributed by atoms with Gasteiger partial charge in [-0.25, -0.2) is 4.98 Å². The van der Waals surface area contributed by atoms with Gasteiger partial charge < -0.3 is 5.32 Å². The van der Waals surface area contributed by atoms with E-state index in [1.165, 1.54) is 44.4 Å². The van der Waals surface area contributed by atoms with Crippen molar-refractivity contribution in [2.75, 3.05) is 11.1 Å². The highest BCUT2D eigenvalue weighted by Crippen LogP contribution is 2.27. The SMILES string of the molecule is CC(=O)c1cccc(NC(=O)CSc2n[nH]c(CC3CCCC3)n2)c1. The van der Waals surface area contributed by atoms with Crippen molar-refractivity contribution in [3.05, 3.63) is 35.7 Å². The number of aromatic amines is 1. The van der Waals surface area contributed by atoms with E-state index in [-0.39, 0.29) is 17.4 Å². The number of hydrogen-bond donors (Lipinski definition) is 2. The Balaban J connectivity index is 1.48. The normalized spacial score (nSPS) is 14.6. The first kappa shape index (κ1) is 17.7. The Bertz CT molecular complexity index is 753. The fourth-order valence-electron chi connectivity index (χ4n) is 3.06. The third-order valence-corrected chi connectivity index (χ3v) is 5.20. The maximum absolute atomic E-state index is 12.1. The lowest BCUT2D eigenvalue weighted by atomic mass is 10.0. The zero-order chi connectivity index (χ0) is 17.6. The van der Waals surface area contributed by atoms with E-state index in [4.69, 9.17) is 0 Å². The van der Waals surface area contributed by atoms with Gasteiger partial charge in [-0.1, -0.05) is 49.6 Å². The molecule has 1 saturated carbocycles. The summed E-state index contributed by atoms with van der Waals surface area (Å²) in [6.45, 7) is 1.50. The maximum atomic E-state index is 12.1. The standard InChI is InChI=1S/C18H22N4O2S/c1-12(23)14-7-4-8-15(10-14)19-17(24)11-25-18-20-16(21-22-18)9-13-5-2-3-6-13/h4,7-8,10,13H,2-3,5-6,9,11H2,1H3,(H,19,24)(H,20,21,22). The summed E-state index contributed by atoms with van der Waals surface area (Å²) in [7, 11) is 0. The first-order valence-corrected chi connectivity index (χ1v) is 9.53. The number of rotatable bonds is 7. The molecule has 1 aromatic heterocycles. The van der Waals surface area contributed by atoms with Gasteiger partial charge >= 0.3 is 0 Å². The Labute approximate surface area is 151 Å². The number of nitrogens with zero attached hydrogens (tertiary/aromatic N) is 2. The molecule has 1 aromatic carbocycles. The summed E-state index contributed by atoms with van der Waals surface area (Å²) in [5.74, 6) is 1.67. The van der Waals surface area contributed by atoms with Crippen molar-refractivity contribution in [3.63, 3.8) is 0 Å². The van der Waals surface area contributed by atoms with Crippen LogP contribution < -0.4 is 5.32 Å². The molecule has 0 unspecified atom stereocenters. The molecule has 6 nitrogen and oxygen atoms in total. The minimum atomic E-state index is -0.146. The van der Waals surface area contributed by atoms with Crippen molar-refractivity contribution >= 4 is 29.1 Å². The molecule has 132 valence electrons. The van der Waals surface area contributed by atoms with E-state index >= 15 is 0 Å². The second-order valence-electron chi connectivity index (χ2n) is 6.39. The molecule has 1 aliphatic rings. The molecule has 0 atom stereocenters. The van der Waals surface area contributed by atoms with Crippen LogP contribution in [-0.4, -0.2) is 32.6 Å². The quantitative estimate of drug-likeness (QED) is 0.584. The van der Waals surface area contributed by atoms with Crippen LogP contribution >= 0.6 is 11.8 Å². The van der Waals surface area contributed by atoms with Gasteiger partial charge in [0.25, 0.3) is 0 Å². The molecule has 1 amide bonds. The number of carbonyl (C=O) groups excluding carboxylic acids is 2. The molecule has 7 heteroatoms. The number of ketones is 1. The molecule has 0 radical (unpaired) electrons. The van der Waals surface area contributed by atoms with E-state index in [1.54, 1.807) is 24.3 Å². The predicted octanol–water partition coefficient (Wildman–Crippen LogP) is 3.47. The maximum Gasteiger partial charge on any atom is 0.234 e. The molecular formula is C18H22N4O2S. The lowest BCUT2D eigenvalue weighted by Crippen LogP contribution is -2.14. The Morgan fingerprint density at radius 2 is 2.12 bits per heavy atom. The molecule has 3 rings (SSSR count). The summed E-state index contributed by atoms with van der Waals surface area (Å²) < 4.78 is 0. The highest BCUT2D eigenvalue weighted by atomic mass is 32.2. The van der Waals surface area contributed by atoms with Crippen molar-refractivity contribution < 1.29 is 9.59 Å². The van der Waals surface area contributed by atoms with Crippen LogP contribution in [0.1, 0.15) is 48.8 Å². The summed E-state index contributed by atoms with van der Waals surface area (Å²) in [6, 6.07) is 6.93. The van der Waals surface area contributed by atoms with Crippen LogP contribution in [0, 0.1) is 5.92 Å². The van der Waals surface area contributed by atoms with Gasteiger partial charge in [0.15, 0.2) is 5.78 Å². The van der Waals surface area contributed by atoms with Gasteiger partial charge in [-0.05, 0) is 25.0 Å². The topological polar surface area (TPSA) is 87.7 Å². The number of carbonyl (C=O) groups is 2. The molecule has 2 N–H and O–H groups in total. The number of anilines is 1. The summed E-state index contributed by atoms with van der Waals surface area (Å²) in [5.41, 5.74) is 1.20. The third kappa shape index (κ3) is 5.16. The van der Waals surface area contributed by atoms with Crippen LogP contribution in [0.4, 0.5) is 5.69 Å². The molecule has 0 bridgehead atoms. The van der Waals surface area contributed by atoms with Gasteiger partial charge in [0.05, 0.1) is 5.75 Å².